The van der Waals surface area contributed by atoms with Crippen LogP contribution in [-0.2, 0) is 0 Å². The Hall–Kier alpha value is -0.660. The van der Waals surface area contributed by atoms with Crippen LogP contribution in [0.1, 0.15) is 22.7 Å². The highest BCUT2D eigenvalue weighted by Crippen LogP contribution is 2.36. The fourth-order valence-electron chi connectivity index (χ4n) is 2.32. The molecule has 0 aliphatic carbocycles. The molecule has 112 valence electrons. The van der Waals surface area contributed by atoms with Crippen LogP contribution in [0.4, 0.5) is 4.39 Å². The molecule has 2 aromatic rings. The number of rotatable bonds is 4. The zero-order valence-electron chi connectivity index (χ0n) is 12.0. The number of aryl methyl sites for hydroxylation is 1. The predicted molar refractivity (Wildman–Crippen MR) is 95.5 cm³/mol. The minimum Gasteiger partial charge on any atom is -0.496 e. The van der Waals surface area contributed by atoms with E-state index in [1.807, 2.05) is 13.1 Å². The van der Waals surface area contributed by atoms with Crippen molar-refractivity contribution in [2.45, 2.75) is 13.0 Å². The summed E-state index contributed by atoms with van der Waals surface area (Å²) in [6.45, 7) is 2.08. The van der Waals surface area contributed by atoms with Crippen molar-refractivity contribution in [2.75, 3.05) is 14.2 Å². The molecule has 0 amide bonds. The van der Waals surface area contributed by atoms with Crippen LogP contribution in [0.3, 0.4) is 0 Å². The Kier molecular flexibility index (Phi) is 5.62. The highest BCUT2D eigenvalue weighted by molar-refractivity contribution is 14.1. The second-order valence-electron chi connectivity index (χ2n) is 4.71. The average molecular weight is 464 g/mol. The maximum Gasteiger partial charge on any atom is 0.141 e. The minimum atomic E-state index is -0.329. The molecule has 0 heterocycles. The van der Waals surface area contributed by atoms with Gasteiger partial charge in [-0.05, 0) is 69.7 Å². The fraction of sp³-hybridized carbons (Fsp3) is 0.250. The van der Waals surface area contributed by atoms with E-state index in [1.54, 1.807) is 13.2 Å². The topological polar surface area (TPSA) is 21.3 Å². The lowest BCUT2D eigenvalue weighted by atomic mass is 9.96. The first-order chi connectivity index (χ1) is 9.99. The zero-order valence-corrected chi connectivity index (χ0v) is 15.7. The van der Waals surface area contributed by atoms with E-state index in [1.165, 1.54) is 15.2 Å². The maximum absolute atomic E-state index is 13.7. The van der Waals surface area contributed by atoms with Crippen LogP contribution in [0, 0.1) is 16.3 Å². The number of halogens is 3. The van der Waals surface area contributed by atoms with Crippen molar-refractivity contribution >= 4 is 38.5 Å². The van der Waals surface area contributed by atoms with Gasteiger partial charge < -0.3 is 10.1 Å². The molecule has 0 aromatic heterocycles. The zero-order chi connectivity index (χ0) is 15.6. The molecule has 0 aliphatic rings. The van der Waals surface area contributed by atoms with Crippen molar-refractivity contribution in [2.24, 2.45) is 0 Å². The molecular formula is C16H16BrFINO. The molecule has 0 fully saturated rings. The molecule has 5 heteroatoms. The van der Waals surface area contributed by atoms with Gasteiger partial charge in [0.15, 0.2) is 0 Å². The van der Waals surface area contributed by atoms with E-state index >= 15 is 0 Å². The number of nitrogens with one attached hydrogen (secondary N) is 1. The molecule has 0 saturated heterocycles. The molecule has 2 rings (SSSR count). The first kappa shape index (κ1) is 16.7. The first-order valence-electron chi connectivity index (χ1n) is 6.44. The summed E-state index contributed by atoms with van der Waals surface area (Å²) in [5, 5.41) is 3.30. The van der Waals surface area contributed by atoms with E-state index in [4.69, 9.17) is 4.74 Å². The second kappa shape index (κ2) is 7.07. The van der Waals surface area contributed by atoms with E-state index in [2.05, 4.69) is 62.9 Å². The highest BCUT2D eigenvalue weighted by atomic mass is 127. The van der Waals surface area contributed by atoms with Crippen molar-refractivity contribution in [3.8, 4) is 5.75 Å². The van der Waals surface area contributed by atoms with Crippen molar-refractivity contribution in [1.82, 2.24) is 5.32 Å². The standard InChI is InChI=1S/C16H16BrFINO/c1-9-5-4-6-10(15(9)19)16(20-2)11-7-12(17)13(18)8-14(11)21-3/h4-8,16,20H,1-3H3. The molecular weight excluding hydrogens is 448 g/mol. The van der Waals surface area contributed by atoms with Crippen LogP contribution in [0.2, 0.25) is 0 Å². The van der Waals surface area contributed by atoms with Crippen LogP contribution >= 0.6 is 38.5 Å². The summed E-state index contributed by atoms with van der Waals surface area (Å²) >= 11 is 5.60. The Labute approximate surface area is 146 Å². The van der Waals surface area contributed by atoms with Gasteiger partial charge >= 0.3 is 0 Å². The molecule has 21 heavy (non-hydrogen) atoms. The minimum absolute atomic E-state index is 0.0661. The van der Waals surface area contributed by atoms with Gasteiger partial charge in [-0.1, -0.05) is 18.2 Å². The molecule has 2 aromatic carbocycles. The van der Waals surface area contributed by atoms with Crippen LogP contribution in [-0.4, -0.2) is 14.2 Å². The lowest BCUT2D eigenvalue weighted by molar-refractivity contribution is 0.401. The Balaban J connectivity index is 2.61. The molecule has 2 nitrogen and oxygen atoms in total. The van der Waals surface area contributed by atoms with E-state index in [-0.39, 0.29) is 11.9 Å². The van der Waals surface area contributed by atoms with Crippen LogP contribution in [0.25, 0.3) is 0 Å². The van der Waals surface area contributed by atoms with Crippen molar-refractivity contribution in [1.29, 1.82) is 0 Å². The first-order valence-corrected chi connectivity index (χ1v) is 8.32. The summed E-state index contributed by atoms with van der Waals surface area (Å²) in [4.78, 5) is 0. The van der Waals surface area contributed by atoms with Gasteiger partial charge in [-0.2, -0.15) is 0 Å². The van der Waals surface area contributed by atoms with Crippen LogP contribution in [0.5, 0.6) is 5.75 Å². The quantitative estimate of drug-likeness (QED) is 0.656. The van der Waals surface area contributed by atoms with Crippen LogP contribution in [0.15, 0.2) is 34.8 Å². The lowest BCUT2D eigenvalue weighted by Crippen LogP contribution is -2.20. The third-order valence-electron chi connectivity index (χ3n) is 3.40. The largest absolute Gasteiger partial charge is 0.496 e. The molecule has 0 aliphatic heterocycles. The van der Waals surface area contributed by atoms with Gasteiger partial charge in [0.1, 0.15) is 11.6 Å². The molecule has 0 saturated carbocycles. The van der Waals surface area contributed by atoms with E-state index in [0.29, 0.717) is 10.2 Å². The third kappa shape index (κ3) is 3.40. The Morgan fingerprint density at radius 3 is 2.62 bits per heavy atom. The van der Waals surface area contributed by atoms with Crippen LogP contribution < -0.4 is 10.1 Å². The lowest BCUT2D eigenvalue weighted by Gasteiger charge is -2.22. The van der Waals surface area contributed by atoms with Crippen molar-refractivity contribution in [3.63, 3.8) is 0 Å². The van der Waals surface area contributed by atoms with Gasteiger partial charge in [0, 0.05) is 15.2 Å². The summed E-state index contributed by atoms with van der Waals surface area (Å²) in [5.74, 6) is 0.205. The summed E-state index contributed by atoms with van der Waals surface area (Å²) in [6, 6.07) is 9.30. The number of hydrogen-bond donors (Lipinski definition) is 1. The monoisotopic (exact) mass is 463 g/mol. The van der Waals surface area contributed by atoms with E-state index < -0.39 is 0 Å². The summed E-state index contributed by atoms with van der Waals surface area (Å²) in [7, 11) is 3.44. The highest BCUT2D eigenvalue weighted by Gasteiger charge is 2.21. The molecule has 0 bridgehead atoms. The fourth-order valence-corrected chi connectivity index (χ4v) is 3.35. The Morgan fingerprint density at radius 1 is 1.29 bits per heavy atom. The Morgan fingerprint density at radius 2 is 2.00 bits per heavy atom. The van der Waals surface area contributed by atoms with Gasteiger partial charge in [-0.3, -0.25) is 0 Å². The van der Waals surface area contributed by atoms with Gasteiger partial charge in [0.2, 0.25) is 0 Å². The summed E-state index contributed by atoms with van der Waals surface area (Å²) in [5.41, 5.74) is 3.26. The number of hydrogen-bond acceptors (Lipinski definition) is 2. The number of benzene rings is 2. The SMILES string of the molecule is CNC(c1cc(Br)c(F)cc1OC)c1cccc(C)c1I. The van der Waals surface area contributed by atoms with Gasteiger partial charge in [-0.15, -0.1) is 0 Å². The van der Waals surface area contributed by atoms with Gasteiger partial charge in [0.05, 0.1) is 17.6 Å². The van der Waals surface area contributed by atoms with Gasteiger partial charge in [0.25, 0.3) is 0 Å². The summed E-state index contributed by atoms with van der Waals surface area (Å²) in [6.07, 6.45) is 0. The average Bonchev–Trinajstić information content (AvgIpc) is 2.47. The van der Waals surface area contributed by atoms with E-state index in [0.717, 1.165) is 11.1 Å². The molecule has 1 N–H and O–H groups in total. The van der Waals surface area contributed by atoms with Gasteiger partial charge in [-0.25, -0.2) is 4.39 Å². The normalized spacial score (nSPS) is 12.3. The smallest absolute Gasteiger partial charge is 0.141 e. The van der Waals surface area contributed by atoms with Crippen molar-refractivity contribution in [3.05, 3.63) is 60.9 Å². The maximum atomic E-state index is 13.7. The summed E-state index contributed by atoms with van der Waals surface area (Å²) < 4.78 is 20.7. The third-order valence-corrected chi connectivity index (χ3v) is 5.49. The Bertz CT molecular complexity index is 663. The molecule has 1 atom stereocenters. The number of methoxy groups -OCH3 is 1. The number of ether oxygens (including phenoxy) is 1. The van der Waals surface area contributed by atoms with Crippen molar-refractivity contribution < 1.29 is 9.13 Å². The predicted octanol–water partition coefficient (Wildman–Crippen LogP) is 4.82. The second-order valence-corrected chi connectivity index (χ2v) is 6.64. The molecule has 0 radical (unpaired) electrons. The molecule has 0 spiro atoms. The molecule has 1 unspecified atom stereocenters. The van der Waals surface area contributed by atoms with E-state index in [9.17, 15) is 4.39 Å².